The molecule has 1 aliphatic heterocycles. The summed E-state index contributed by atoms with van der Waals surface area (Å²) >= 11 is 0. The highest BCUT2D eigenvalue weighted by atomic mass is 19.4. The van der Waals surface area contributed by atoms with Crippen LogP contribution in [0.1, 0.15) is 36.7 Å². The number of ether oxygens (including phenoxy) is 1. The number of hydrogen-bond donors (Lipinski definition) is 1. The fourth-order valence-electron chi connectivity index (χ4n) is 4.94. The summed E-state index contributed by atoms with van der Waals surface area (Å²) in [5.41, 5.74) is 2.81. The van der Waals surface area contributed by atoms with Gasteiger partial charge in [-0.2, -0.15) is 13.2 Å². The van der Waals surface area contributed by atoms with E-state index in [9.17, 15) is 18.0 Å². The average molecular weight is 477 g/mol. The summed E-state index contributed by atoms with van der Waals surface area (Å²) in [6, 6.07) is 9.12. The zero-order chi connectivity index (χ0) is 24.7. The first-order chi connectivity index (χ1) is 16.0. The Morgan fingerprint density at radius 2 is 2.00 bits per heavy atom. The molecule has 0 spiro atoms. The number of benzene rings is 1. The van der Waals surface area contributed by atoms with Gasteiger partial charge in [-0.1, -0.05) is 38.1 Å². The van der Waals surface area contributed by atoms with Crippen molar-refractivity contribution in [1.29, 1.82) is 0 Å². The molecule has 0 bridgehead atoms. The number of morpholine rings is 1. The average Bonchev–Trinajstić information content (AvgIpc) is 3.03. The summed E-state index contributed by atoms with van der Waals surface area (Å²) in [6.45, 7) is 5.50. The van der Waals surface area contributed by atoms with Gasteiger partial charge in [0.2, 0.25) is 0 Å². The Bertz CT molecular complexity index is 1030. The normalized spacial score (nSPS) is 23.3. The van der Waals surface area contributed by atoms with Crippen LogP contribution in [0.15, 0.2) is 42.6 Å². The first-order valence-corrected chi connectivity index (χ1v) is 11.4. The van der Waals surface area contributed by atoms with Crippen molar-refractivity contribution in [1.82, 2.24) is 14.8 Å². The summed E-state index contributed by atoms with van der Waals surface area (Å²) in [6.07, 6.45) is -3.37. The smallest absolute Gasteiger partial charge is 0.380 e. The van der Waals surface area contributed by atoms with Gasteiger partial charge >= 0.3 is 6.18 Å². The van der Waals surface area contributed by atoms with Crippen LogP contribution in [0, 0.1) is 0 Å². The number of hydrogen-bond acceptors (Lipinski definition) is 5. The van der Waals surface area contributed by atoms with Crippen LogP contribution in [0.25, 0.3) is 0 Å². The molecule has 9 heteroatoms. The van der Waals surface area contributed by atoms with E-state index in [0.717, 1.165) is 13.5 Å². The molecule has 1 aromatic carbocycles. The summed E-state index contributed by atoms with van der Waals surface area (Å²) in [4.78, 5) is 19.5. The van der Waals surface area contributed by atoms with Crippen molar-refractivity contribution in [2.45, 2.75) is 50.0 Å². The molecule has 34 heavy (non-hydrogen) atoms. The van der Waals surface area contributed by atoms with E-state index in [0.29, 0.717) is 23.7 Å². The number of nitrogens with one attached hydrogen (secondary N) is 1. The molecular formula is C25H31F3N4O2. The number of carbonyl (C=O) groups is 1. The molecule has 1 saturated heterocycles. The number of carbonyl (C=O) groups excluding carboxylic acids is 1. The number of amides is 1. The number of alkyl halides is 3. The molecule has 1 aromatic heterocycles. The fraction of sp³-hybridized carbons (Fsp3) is 0.520. The Labute approximate surface area is 198 Å². The lowest BCUT2D eigenvalue weighted by Crippen LogP contribution is -2.51. The van der Waals surface area contributed by atoms with Crippen molar-refractivity contribution in [2.24, 2.45) is 0 Å². The number of likely N-dealkylation sites (N-methyl/N-ethyl adjacent to an activating group) is 2. The van der Waals surface area contributed by atoms with E-state index in [1.165, 1.54) is 23.4 Å². The van der Waals surface area contributed by atoms with Crippen LogP contribution in [0.3, 0.4) is 0 Å². The lowest BCUT2D eigenvalue weighted by atomic mass is 9.83. The predicted octanol–water partition coefficient (Wildman–Crippen LogP) is 3.79. The van der Waals surface area contributed by atoms with Gasteiger partial charge < -0.3 is 19.9 Å². The van der Waals surface area contributed by atoms with Gasteiger partial charge in [-0.15, -0.1) is 0 Å². The maximum atomic E-state index is 14.0. The highest BCUT2D eigenvalue weighted by Crippen LogP contribution is 2.40. The minimum Gasteiger partial charge on any atom is -0.380 e. The number of halogens is 3. The first-order valence-electron chi connectivity index (χ1n) is 11.4. The summed E-state index contributed by atoms with van der Waals surface area (Å²) in [5.74, 6) is -0.705. The van der Waals surface area contributed by atoms with Crippen molar-refractivity contribution >= 4 is 11.6 Å². The largest absolute Gasteiger partial charge is 0.414 e. The Morgan fingerprint density at radius 3 is 2.62 bits per heavy atom. The molecule has 2 heterocycles. The number of pyridine rings is 1. The Morgan fingerprint density at radius 1 is 1.26 bits per heavy atom. The zero-order valence-corrected chi connectivity index (χ0v) is 19.9. The monoisotopic (exact) mass is 476 g/mol. The third kappa shape index (κ3) is 4.77. The summed E-state index contributed by atoms with van der Waals surface area (Å²) < 4.78 is 47.6. The van der Waals surface area contributed by atoms with Crippen LogP contribution < -0.4 is 5.32 Å². The molecule has 1 N–H and O–H groups in total. The third-order valence-corrected chi connectivity index (χ3v) is 7.00. The number of aromatic nitrogens is 1. The Kier molecular flexibility index (Phi) is 6.61. The van der Waals surface area contributed by atoms with E-state index in [-0.39, 0.29) is 23.7 Å². The van der Waals surface area contributed by atoms with Gasteiger partial charge in [-0.05, 0) is 36.7 Å². The number of nitrogens with zero attached hydrogens (tertiary/aromatic N) is 3. The number of fused-ring (bicyclic) bond motifs is 1. The van der Waals surface area contributed by atoms with Crippen LogP contribution in [0.4, 0.5) is 18.9 Å². The van der Waals surface area contributed by atoms with Crippen molar-refractivity contribution in [3.63, 3.8) is 0 Å². The summed E-state index contributed by atoms with van der Waals surface area (Å²) in [5, 5.41) is 3.44. The van der Waals surface area contributed by atoms with E-state index in [2.05, 4.69) is 36.3 Å². The molecule has 1 aliphatic carbocycles. The molecule has 1 amide bonds. The van der Waals surface area contributed by atoms with Gasteiger partial charge in [0.05, 0.1) is 24.2 Å². The van der Waals surface area contributed by atoms with E-state index < -0.39 is 24.2 Å². The second kappa shape index (κ2) is 9.19. The first kappa shape index (κ1) is 24.5. The van der Waals surface area contributed by atoms with E-state index in [1.807, 2.05) is 24.1 Å². The molecule has 0 saturated carbocycles. The molecule has 2 aliphatic rings. The topological polar surface area (TPSA) is 57.7 Å². The quantitative estimate of drug-likeness (QED) is 0.712. The van der Waals surface area contributed by atoms with Gasteiger partial charge in [-0.3, -0.25) is 9.78 Å². The van der Waals surface area contributed by atoms with E-state index in [1.54, 1.807) is 6.07 Å². The van der Waals surface area contributed by atoms with Crippen LogP contribution in [-0.4, -0.2) is 72.8 Å². The van der Waals surface area contributed by atoms with Crippen LogP contribution in [-0.2, 0) is 21.4 Å². The van der Waals surface area contributed by atoms with Crippen LogP contribution in [0.5, 0.6) is 0 Å². The highest BCUT2D eigenvalue weighted by Gasteiger charge is 2.47. The van der Waals surface area contributed by atoms with Gasteiger partial charge in [0, 0.05) is 31.6 Å². The lowest BCUT2D eigenvalue weighted by molar-refractivity contribution is -0.195. The summed E-state index contributed by atoms with van der Waals surface area (Å²) in [7, 11) is 2.96. The maximum absolute atomic E-state index is 14.0. The minimum atomic E-state index is -4.68. The van der Waals surface area contributed by atoms with Gasteiger partial charge in [0.1, 0.15) is 6.10 Å². The van der Waals surface area contributed by atoms with Crippen molar-refractivity contribution in [3.8, 4) is 0 Å². The maximum Gasteiger partial charge on any atom is 0.414 e. The number of rotatable bonds is 5. The molecular weight excluding hydrogens is 445 g/mol. The van der Waals surface area contributed by atoms with Gasteiger partial charge in [0.25, 0.3) is 5.91 Å². The fourth-order valence-corrected chi connectivity index (χ4v) is 4.94. The van der Waals surface area contributed by atoms with Crippen molar-refractivity contribution in [2.75, 3.05) is 39.1 Å². The zero-order valence-electron chi connectivity index (χ0n) is 19.9. The van der Waals surface area contributed by atoms with Crippen LogP contribution in [0.2, 0.25) is 0 Å². The molecule has 0 radical (unpaired) electrons. The molecule has 4 rings (SSSR count). The van der Waals surface area contributed by atoms with E-state index >= 15 is 0 Å². The Hall–Kier alpha value is -2.65. The molecule has 1 unspecified atom stereocenters. The van der Waals surface area contributed by atoms with Crippen molar-refractivity contribution < 1.29 is 22.7 Å². The third-order valence-electron chi connectivity index (χ3n) is 7.00. The van der Waals surface area contributed by atoms with E-state index in [4.69, 9.17) is 4.74 Å². The van der Waals surface area contributed by atoms with Crippen LogP contribution >= 0.6 is 0 Å². The molecule has 6 nitrogen and oxygen atoms in total. The molecule has 3 atom stereocenters. The Balaban J connectivity index is 1.51. The number of anilines is 1. The van der Waals surface area contributed by atoms with Gasteiger partial charge in [-0.25, -0.2) is 0 Å². The van der Waals surface area contributed by atoms with Gasteiger partial charge in [0.15, 0.2) is 6.04 Å². The highest BCUT2D eigenvalue weighted by molar-refractivity contribution is 5.81. The standard InChI is InChI=1S/C25H31F3N4O2/c1-24(2)18-8-6-5-7-16(18)13-21(24)30-17-9-10-19(29-14-17)22(25(26,27)28)32(4)23(33)20-15-31(3)11-12-34-20/h5-10,14,20-22,30H,11-13,15H2,1-4H3/t20-,21+,22?/m1/s1. The molecule has 2 aromatic rings. The minimum absolute atomic E-state index is 0.0839. The second-order valence-corrected chi connectivity index (χ2v) is 9.77. The lowest BCUT2D eigenvalue weighted by Gasteiger charge is -2.35. The second-order valence-electron chi connectivity index (χ2n) is 9.77. The molecule has 1 fully saturated rings. The van der Waals surface area contributed by atoms with Crippen molar-refractivity contribution in [3.05, 3.63) is 59.4 Å². The predicted molar refractivity (Wildman–Crippen MR) is 124 cm³/mol. The SMILES string of the molecule is CN1CCO[C@@H](C(=O)N(C)C(c2ccc(N[C@H]3Cc4ccccc4C3(C)C)cn2)C(F)(F)F)C1. The molecule has 184 valence electrons.